The zero-order valence-electron chi connectivity index (χ0n) is 15.3. The molecule has 1 fully saturated rings. The minimum atomic E-state index is -0.974. The van der Waals surface area contributed by atoms with Crippen molar-refractivity contribution in [2.75, 3.05) is 26.2 Å². The molecule has 2 heterocycles. The Kier molecular flexibility index (Phi) is 5.82. The Morgan fingerprint density at radius 1 is 1.15 bits per heavy atom. The van der Waals surface area contributed by atoms with E-state index < -0.39 is 6.10 Å². The third-order valence-electron chi connectivity index (χ3n) is 4.66. The van der Waals surface area contributed by atoms with Crippen LogP contribution in [0.25, 0.3) is 11.3 Å². The number of amides is 2. The Labute approximate surface area is 162 Å². The van der Waals surface area contributed by atoms with E-state index in [0.29, 0.717) is 48.9 Å². The lowest BCUT2D eigenvalue weighted by Gasteiger charge is -2.21. The lowest BCUT2D eigenvalue weighted by Crippen LogP contribution is -2.37. The van der Waals surface area contributed by atoms with E-state index in [2.05, 4.69) is 5.16 Å². The number of carbonyl (C=O) groups excluding carboxylic acids is 2. The van der Waals surface area contributed by atoms with Crippen molar-refractivity contribution in [1.29, 1.82) is 0 Å². The molecule has 1 N–H and O–H groups in total. The lowest BCUT2D eigenvalue weighted by molar-refractivity contribution is -0.128. The SMILES string of the molecule is CC(=O)N1CCCN(C(=O)c2c(-c3ccc(Cl)cc3)noc2[C@H](C)O)CC1. The number of carbonyl (C=O) groups is 2. The van der Waals surface area contributed by atoms with E-state index in [-0.39, 0.29) is 23.1 Å². The van der Waals surface area contributed by atoms with Crippen LogP contribution in [-0.4, -0.2) is 58.1 Å². The Balaban J connectivity index is 1.94. The van der Waals surface area contributed by atoms with Gasteiger partial charge in [0.2, 0.25) is 5.91 Å². The molecule has 1 aromatic heterocycles. The Morgan fingerprint density at radius 3 is 2.41 bits per heavy atom. The molecule has 1 saturated heterocycles. The smallest absolute Gasteiger partial charge is 0.259 e. The van der Waals surface area contributed by atoms with E-state index in [9.17, 15) is 14.7 Å². The Hall–Kier alpha value is -2.38. The van der Waals surface area contributed by atoms with Crippen molar-refractivity contribution in [3.05, 3.63) is 40.6 Å². The molecule has 0 unspecified atom stereocenters. The largest absolute Gasteiger partial charge is 0.385 e. The standard InChI is InChI=1S/C19H22ClN3O4/c1-12(24)18-16(17(21-27-18)14-4-6-15(20)7-5-14)19(26)23-9-3-8-22(10-11-23)13(2)25/h4-7,12,24H,3,8-11H2,1-2H3/t12-/m0/s1. The highest BCUT2D eigenvalue weighted by Crippen LogP contribution is 2.31. The second kappa shape index (κ2) is 8.10. The molecule has 2 aromatic rings. The minimum absolute atomic E-state index is 0.000740. The minimum Gasteiger partial charge on any atom is -0.385 e. The Morgan fingerprint density at radius 2 is 1.78 bits per heavy atom. The van der Waals surface area contributed by atoms with Crippen molar-refractivity contribution >= 4 is 23.4 Å². The van der Waals surface area contributed by atoms with E-state index in [1.165, 1.54) is 13.8 Å². The fraction of sp³-hybridized carbons (Fsp3) is 0.421. The average Bonchev–Trinajstić information content (AvgIpc) is 2.92. The number of aliphatic hydroxyl groups is 1. The van der Waals surface area contributed by atoms with Crippen LogP contribution in [0.15, 0.2) is 28.8 Å². The van der Waals surface area contributed by atoms with E-state index in [0.717, 1.165) is 0 Å². The van der Waals surface area contributed by atoms with Crippen LogP contribution in [0.4, 0.5) is 0 Å². The molecule has 2 amide bonds. The van der Waals surface area contributed by atoms with Crippen molar-refractivity contribution in [3.8, 4) is 11.3 Å². The van der Waals surface area contributed by atoms with Gasteiger partial charge in [-0.05, 0) is 25.5 Å². The van der Waals surface area contributed by atoms with Crippen LogP contribution in [0.5, 0.6) is 0 Å². The molecule has 0 radical (unpaired) electrons. The second-order valence-electron chi connectivity index (χ2n) is 6.61. The first-order chi connectivity index (χ1) is 12.9. The van der Waals surface area contributed by atoms with Crippen LogP contribution >= 0.6 is 11.6 Å². The topological polar surface area (TPSA) is 86.9 Å². The van der Waals surface area contributed by atoms with Gasteiger partial charge in [0.25, 0.3) is 5.91 Å². The summed E-state index contributed by atoms with van der Waals surface area (Å²) < 4.78 is 5.30. The molecule has 144 valence electrons. The summed E-state index contributed by atoms with van der Waals surface area (Å²) in [5, 5.41) is 14.6. The molecular formula is C19H22ClN3O4. The molecule has 8 heteroatoms. The van der Waals surface area contributed by atoms with Crippen LogP contribution < -0.4 is 0 Å². The maximum atomic E-state index is 13.3. The third kappa shape index (κ3) is 4.14. The maximum Gasteiger partial charge on any atom is 0.259 e. The number of halogens is 1. The molecular weight excluding hydrogens is 370 g/mol. The van der Waals surface area contributed by atoms with Gasteiger partial charge in [-0.2, -0.15) is 0 Å². The van der Waals surface area contributed by atoms with E-state index >= 15 is 0 Å². The highest BCUT2D eigenvalue weighted by atomic mass is 35.5. The predicted octanol–water partition coefficient (Wildman–Crippen LogP) is 2.74. The molecule has 0 bridgehead atoms. The summed E-state index contributed by atoms with van der Waals surface area (Å²) in [5.41, 5.74) is 1.31. The van der Waals surface area contributed by atoms with Gasteiger partial charge < -0.3 is 19.4 Å². The summed E-state index contributed by atoms with van der Waals surface area (Å²) >= 11 is 5.95. The van der Waals surface area contributed by atoms with Crippen LogP contribution in [0.2, 0.25) is 5.02 Å². The van der Waals surface area contributed by atoms with Gasteiger partial charge >= 0.3 is 0 Å². The molecule has 1 aliphatic heterocycles. The summed E-state index contributed by atoms with van der Waals surface area (Å²) in [6.45, 7) is 5.10. The van der Waals surface area contributed by atoms with Gasteiger partial charge in [-0.1, -0.05) is 28.9 Å². The second-order valence-corrected chi connectivity index (χ2v) is 7.04. The first kappa shape index (κ1) is 19.4. The maximum absolute atomic E-state index is 13.3. The number of benzene rings is 1. The number of nitrogens with zero attached hydrogens (tertiary/aromatic N) is 3. The quantitative estimate of drug-likeness (QED) is 0.869. The normalized spacial score (nSPS) is 16.1. The van der Waals surface area contributed by atoms with Crippen molar-refractivity contribution in [2.45, 2.75) is 26.4 Å². The number of rotatable bonds is 3. The molecule has 0 aliphatic carbocycles. The highest BCUT2D eigenvalue weighted by Gasteiger charge is 2.31. The molecule has 1 aromatic carbocycles. The van der Waals surface area contributed by atoms with Gasteiger partial charge in [-0.25, -0.2) is 0 Å². The van der Waals surface area contributed by atoms with Crippen molar-refractivity contribution in [3.63, 3.8) is 0 Å². The first-order valence-electron chi connectivity index (χ1n) is 8.87. The van der Waals surface area contributed by atoms with Crippen molar-refractivity contribution in [1.82, 2.24) is 15.0 Å². The van der Waals surface area contributed by atoms with Crippen LogP contribution in [0.3, 0.4) is 0 Å². The zero-order valence-corrected chi connectivity index (χ0v) is 16.1. The first-order valence-corrected chi connectivity index (χ1v) is 9.24. The van der Waals surface area contributed by atoms with Crippen LogP contribution in [0, 0.1) is 0 Å². The monoisotopic (exact) mass is 391 g/mol. The van der Waals surface area contributed by atoms with E-state index in [1.807, 2.05) is 0 Å². The average molecular weight is 392 g/mol. The molecule has 0 spiro atoms. The summed E-state index contributed by atoms with van der Waals surface area (Å²) in [7, 11) is 0. The Bertz CT molecular complexity index is 832. The predicted molar refractivity (Wildman–Crippen MR) is 100 cm³/mol. The van der Waals surface area contributed by atoms with Crippen LogP contribution in [-0.2, 0) is 4.79 Å². The molecule has 27 heavy (non-hydrogen) atoms. The molecule has 1 aliphatic rings. The van der Waals surface area contributed by atoms with Gasteiger partial charge in [-0.3, -0.25) is 9.59 Å². The summed E-state index contributed by atoms with van der Waals surface area (Å²) in [4.78, 5) is 28.3. The number of aliphatic hydroxyl groups excluding tert-OH is 1. The van der Waals surface area contributed by atoms with Crippen LogP contribution in [0.1, 0.15) is 42.5 Å². The van der Waals surface area contributed by atoms with E-state index in [4.69, 9.17) is 16.1 Å². The summed E-state index contributed by atoms with van der Waals surface area (Å²) in [6.07, 6.45) is -0.283. The number of aromatic nitrogens is 1. The van der Waals surface area contributed by atoms with E-state index in [1.54, 1.807) is 34.1 Å². The van der Waals surface area contributed by atoms with Crippen molar-refractivity contribution < 1.29 is 19.2 Å². The lowest BCUT2D eigenvalue weighted by atomic mass is 10.0. The summed E-state index contributed by atoms with van der Waals surface area (Å²) in [6, 6.07) is 6.92. The third-order valence-corrected chi connectivity index (χ3v) is 4.91. The van der Waals surface area contributed by atoms with Gasteiger partial charge in [0.05, 0.1) is 0 Å². The molecule has 1 atom stereocenters. The number of hydrogen-bond acceptors (Lipinski definition) is 5. The fourth-order valence-electron chi connectivity index (χ4n) is 3.19. The zero-order chi connectivity index (χ0) is 19.6. The fourth-order valence-corrected chi connectivity index (χ4v) is 3.32. The van der Waals surface area contributed by atoms with Crippen molar-refractivity contribution in [2.24, 2.45) is 0 Å². The van der Waals surface area contributed by atoms with Gasteiger partial charge in [-0.15, -0.1) is 0 Å². The number of hydrogen-bond donors (Lipinski definition) is 1. The van der Waals surface area contributed by atoms with Gasteiger partial charge in [0.1, 0.15) is 17.4 Å². The highest BCUT2D eigenvalue weighted by molar-refractivity contribution is 6.30. The van der Waals surface area contributed by atoms with Gasteiger partial charge in [0.15, 0.2) is 5.76 Å². The summed E-state index contributed by atoms with van der Waals surface area (Å²) in [5.74, 6) is -0.124. The molecule has 3 rings (SSSR count). The molecule has 0 saturated carbocycles. The van der Waals surface area contributed by atoms with Gasteiger partial charge in [0, 0.05) is 43.7 Å². The molecule has 7 nitrogen and oxygen atoms in total.